The highest BCUT2D eigenvalue weighted by molar-refractivity contribution is 7.89. The fourth-order valence-electron chi connectivity index (χ4n) is 3.57. The fraction of sp³-hybridized carbons (Fsp3) is 0.269. The van der Waals surface area contributed by atoms with Gasteiger partial charge < -0.3 is 4.90 Å². The summed E-state index contributed by atoms with van der Waals surface area (Å²) in [6.07, 6.45) is 2.74. The van der Waals surface area contributed by atoms with E-state index in [2.05, 4.69) is 4.72 Å². The lowest BCUT2D eigenvalue weighted by atomic mass is 10.1. The summed E-state index contributed by atoms with van der Waals surface area (Å²) in [6.45, 7) is 1.11. The first-order valence-corrected chi connectivity index (χ1v) is 12.4. The second kappa shape index (κ2) is 10.1. The molecule has 0 aromatic heterocycles. The molecule has 0 bridgehead atoms. The van der Waals surface area contributed by atoms with Crippen molar-refractivity contribution in [1.82, 2.24) is 9.62 Å². The van der Waals surface area contributed by atoms with Gasteiger partial charge in [0.25, 0.3) is 0 Å². The predicted octanol–water partition coefficient (Wildman–Crippen LogP) is 4.29. The molecule has 5 nitrogen and oxygen atoms in total. The van der Waals surface area contributed by atoms with Crippen LogP contribution in [-0.4, -0.2) is 25.3 Å². The third-order valence-electron chi connectivity index (χ3n) is 5.55. The molecule has 0 aliphatic heterocycles. The summed E-state index contributed by atoms with van der Waals surface area (Å²) >= 11 is 0. The SMILES string of the molecule is O=C(CCc1ccc(S(=O)(=O)NC2CC2)cc1)N(Cc1ccccc1)Cc1ccccc1. The molecule has 0 atom stereocenters. The van der Waals surface area contributed by atoms with Gasteiger partial charge >= 0.3 is 0 Å². The van der Waals surface area contributed by atoms with E-state index in [1.807, 2.05) is 65.6 Å². The van der Waals surface area contributed by atoms with E-state index in [4.69, 9.17) is 0 Å². The molecule has 1 fully saturated rings. The lowest BCUT2D eigenvalue weighted by molar-refractivity contribution is -0.132. The van der Waals surface area contributed by atoms with Crippen LogP contribution in [-0.2, 0) is 34.3 Å². The van der Waals surface area contributed by atoms with Gasteiger partial charge in [0.05, 0.1) is 4.90 Å². The van der Waals surface area contributed by atoms with Crippen molar-refractivity contribution in [3.05, 3.63) is 102 Å². The topological polar surface area (TPSA) is 66.5 Å². The van der Waals surface area contributed by atoms with E-state index in [9.17, 15) is 13.2 Å². The van der Waals surface area contributed by atoms with Gasteiger partial charge in [-0.2, -0.15) is 0 Å². The maximum atomic E-state index is 13.1. The summed E-state index contributed by atoms with van der Waals surface area (Å²) in [7, 11) is -3.45. The van der Waals surface area contributed by atoms with Crippen molar-refractivity contribution in [3.63, 3.8) is 0 Å². The van der Waals surface area contributed by atoms with Crippen molar-refractivity contribution in [1.29, 1.82) is 0 Å². The van der Waals surface area contributed by atoms with Crippen LogP contribution in [0.25, 0.3) is 0 Å². The number of carbonyl (C=O) groups excluding carboxylic acids is 1. The highest BCUT2D eigenvalue weighted by Crippen LogP contribution is 2.22. The third kappa shape index (κ3) is 6.28. The van der Waals surface area contributed by atoms with Gasteiger partial charge in [-0.15, -0.1) is 0 Å². The van der Waals surface area contributed by atoms with Crippen LogP contribution in [0, 0.1) is 0 Å². The van der Waals surface area contributed by atoms with Gasteiger partial charge in [-0.1, -0.05) is 72.8 Å². The van der Waals surface area contributed by atoms with E-state index < -0.39 is 10.0 Å². The summed E-state index contributed by atoms with van der Waals surface area (Å²) in [4.78, 5) is 15.3. The van der Waals surface area contributed by atoms with Crippen LogP contribution in [0.1, 0.15) is 36.0 Å². The highest BCUT2D eigenvalue weighted by Gasteiger charge is 2.27. The Morgan fingerprint density at radius 1 is 0.781 bits per heavy atom. The minimum Gasteiger partial charge on any atom is -0.334 e. The number of sulfonamides is 1. The Balaban J connectivity index is 1.40. The number of benzene rings is 3. The average Bonchev–Trinajstić information content (AvgIpc) is 3.62. The first-order chi connectivity index (χ1) is 15.5. The summed E-state index contributed by atoms with van der Waals surface area (Å²) in [5.41, 5.74) is 3.13. The van der Waals surface area contributed by atoms with Gasteiger partial charge in [-0.3, -0.25) is 4.79 Å². The largest absolute Gasteiger partial charge is 0.334 e. The summed E-state index contributed by atoms with van der Waals surface area (Å²) in [5.74, 6) is 0.0739. The minimum atomic E-state index is -3.45. The van der Waals surface area contributed by atoms with Gasteiger partial charge in [-0.25, -0.2) is 13.1 Å². The molecule has 0 spiro atoms. The molecule has 32 heavy (non-hydrogen) atoms. The van der Waals surface area contributed by atoms with Crippen LogP contribution in [0.2, 0.25) is 0 Å². The number of amides is 1. The molecule has 0 saturated heterocycles. The van der Waals surface area contributed by atoms with Crippen LogP contribution >= 0.6 is 0 Å². The van der Waals surface area contributed by atoms with E-state index in [0.717, 1.165) is 29.5 Å². The molecule has 166 valence electrons. The smallest absolute Gasteiger partial charge is 0.240 e. The average molecular weight is 449 g/mol. The molecule has 3 aromatic carbocycles. The Labute approximate surface area is 190 Å². The van der Waals surface area contributed by atoms with E-state index >= 15 is 0 Å². The van der Waals surface area contributed by atoms with E-state index in [-0.39, 0.29) is 16.8 Å². The zero-order chi connectivity index (χ0) is 22.4. The van der Waals surface area contributed by atoms with Gasteiger partial charge in [0, 0.05) is 25.6 Å². The van der Waals surface area contributed by atoms with Crippen LogP contribution in [0.5, 0.6) is 0 Å². The van der Waals surface area contributed by atoms with E-state index in [1.54, 1.807) is 24.3 Å². The zero-order valence-electron chi connectivity index (χ0n) is 18.0. The molecule has 1 aliphatic rings. The zero-order valence-corrected chi connectivity index (χ0v) is 18.8. The van der Waals surface area contributed by atoms with Crippen molar-refractivity contribution in [2.75, 3.05) is 0 Å². The molecule has 1 N–H and O–H groups in total. The van der Waals surface area contributed by atoms with Crippen LogP contribution < -0.4 is 4.72 Å². The molecule has 1 aliphatic carbocycles. The molecule has 4 rings (SSSR count). The van der Waals surface area contributed by atoms with Crippen LogP contribution in [0.3, 0.4) is 0 Å². The Hall–Kier alpha value is -2.96. The molecule has 3 aromatic rings. The van der Waals surface area contributed by atoms with Gasteiger partial charge in [0.15, 0.2) is 0 Å². The van der Waals surface area contributed by atoms with Crippen molar-refractivity contribution in [3.8, 4) is 0 Å². The molecular weight excluding hydrogens is 420 g/mol. The van der Waals surface area contributed by atoms with E-state index in [1.165, 1.54) is 0 Å². The second-order valence-corrected chi connectivity index (χ2v) is 9.97. The minimum absolute atomic E-state index is 0.0739. The van der Waals surface area contributed by atoms with Gasteiger partial charge in [-0.05, 0) is 48.1 Å². The number of carbonyl (C=O) groups is 1. The molecule has 6 heteroatoms. The monoisotopic (exact) mass is 448 g/mol. The summed E-state index contributed by atoms with van der Waals surface area (Å²) in [6, 6.07) is 26.9. The fourth-order valence-corrected chi connectivity index (χ4v) is 4.88. The first kappa shape index (κ1) is 22.2. The van der Waals surface area contributed by atoms with Crippen molar-refractivity contribution >= 4 is 15.9 Å². The van der Waals surface area contributed by atoms with E-state index in [0.29, 0.717) is 25.9 Å². The predicted molar refractivity (Wildman–Crippen MR) is 125 cm³/mol. The number of nitrogens with one attached hydrogen (secondary N) is 1. The standard InChI is InChI=1S/C26H28N2O3S/c29-26(18-13-21-11-16-25(17-12-21)32(30,31)27-24-14-15-24)28(19-22-7-3-1-4-8-22)20-23-9-5-2-6-10-23/h1-12,16-17,24,27H,13-15,18-20H2. The molecule has 0 unspecified atom stereocenters. The first-order valence-electron chi connectivity index (χ1n) is 11.0. The van der Waals surface area contributed by atoms with Gasteiger partial charge in [0.2, 0.25) is 15.9 Å². The van der Waals surface area contributed by atoms with Crippen LogP contribution in [0.15, 0.2) is 89.8 Å². The van der Waals surface area contributed by atoms with Gasteiger partial charge in [0.1, 0.15) is 0 Å². The molecule has 1 amide bonds. The second-order valence-electron chi connectivity index (χ2n) is 8.26. The lowest BCUT2D eigenvalue weighted by Gasteiger charge is -2.23. The maximum absolute atomic E-state index is 13.1. The van der Waals surface area contributed by atoms with Crippen LogP contribution in [0.4, 0.5) is 0 Å². The molecule has 1 saturated carbocycles. The molecule has 0 heterocycles. The maximum Gasteiger partial charge on any atom is 0.240 e. The Morgan fingerprint density at radius 3 is 1.81 bits per heavy atom. The third-order valence-corrected chi connectivity index (χ3v) is 7.08. The number of nitrogens with zero attached hydrogens (tertiary/aromatic N) is 1. The number of aryl methyl sites for hydroxylation is 1. The highest BCUT2D eigenvalue weighted by atomic mass is 32.2. The lowest BCUT2D eigenvalue weighted by Crippen LogP contribution is -2.30. The quantitative estimate of drug-likeness (QED) is 0.503. The molecular formula is C26H28N2O3S. The Morgan fingerprint density at radius 2 is 1.31 bits per heavy atom. The normalized spacial score (nSPS) is 13.6. The number of hydrogen-bond donors (Lipinski definition) is 1. The Kier molecular flexibility index (Phi) is 7.02. The van der Waals surface area contributed by atoms with Crippen molar-refractivity contribution in [2.24, 2.45) is 0 Å². The molecule has 0 radical (unpaired) electrons. The summed E-state index contributed by atoms with van der Waals surface area (Å²) < 4.78 is 27.3. The Bertz CT molecular complexity index is 1090. The van der Waals surface area contributed by atoms with Crippen molar-refractivity contribution < 1.29 is 13.2 Å². The van der Waals surface area contributed by atoms with Crippen molar-refractivity contribution in [2.45, 2.75) is 49.7 Å². The number of rotatable bonds is 10. The number of hydrogen-bond acceptors (Lipinski definition) is 3. The summed E-state index contributed by atoms with van der Waals surface area (Å²) in [5, 5.41) is 0.